The molecule has 1 N–H and O–H groups in total. The minimum Gasteiger partial charge on any atom is -0.312 e. The van der Waals surface area contributed by atoms with Crippen molar-refractivity contribution in [2.24, 2.45) is 0 Å². The van der Waals surface area contributed by atoms with Crippen LogP contribution in [0.5, 0.6) is 0 Å². The van der Waals surface area contributed by atoms with Crippen molar-refractivity contribution in [2.45, 2.75) is 44.7 Å². The number of likely N-dealkylation sites (N-methyl/N-ethyl adjacent to an activating group) is 1. The van der Waals surface area contributed by atoms with Crippen molar-refractivity contribution in [2.75, 3.05) is 19.6 Å². The second-order valence-electron chi connectivity index (χ2n) is 4.04. The zero-order chi connectivity index (χ0) is 8.39. The fraction of sp³-hybridized carbons (Fsp3) is 1.00. The molecule has 0 aromatic carbocycles. The molecule has 12 heavy (non-hydrogen) atoms. The van der Waals surface area contributed by atoms with E-state index in [1.54, 1.807) is 0 Å². The maximum absolute atomic E-state index is 3.62. The van der Waals surface area contributed by atoms with Crippen LogP contribution in [0.3, 0.4) is 0 Å². The molecule has 0 unspecified atom stereocenters. The van der Waals surface area contributed by atoms with E-state index in [4.69, 9.17) is 0 Å². The molecule has 0 radical (unpaired) electrons. The summed E-state index contributed by atoms with van der Waals surface area (Å²) in [6.07, 6.45) is 5.63. The monoisotopic (exact) mass is 168 g/mol. The summed E-state index contributed by atoms with van der Waals surface area (Å²) >= 11 is 0. The maximum atomic E-state index is 3.62. The third-order valence-corrected chi connectivity index (χ3v) is 3.38. The van der Waals surface area contributed by atoms with E-state index in [2.05, 4.69) is 17.1 Å². The predicted molar refractivity (Wildman–Crippen MR) is 51.3 cm³/mol. The standard InChI is InChI=1S/C10H20N2/c1-2-12-8-4-6-10(12)9-5-3-7-11-9/h9-11H,2-8H2,1H3/t9-,10-/m0/s1. The van der Waals surface area contributed by atoms with Gasteiger partial charge in [0.2, 0.25) is 0 Å². The zero-order valence-corrected chi connectivity index (χ0v) is 8.05. The van der Waals surface area contributed by atoms with Gasteiger partial charge < -0.3 is 5.32 Å². The van der Waals surface area contributed by atoms with Crippen molar-refractivity contribution in [1.29, 1.82) is 0 Å². The van der Waals surface area contributed by atoms with Crippen LogP contribution in [-0.2, 0) is 0 Å². The molecule has 0 saturated carbocycles. The van der Waals surface area contributed by atoms with E-state index in [-0.39, 0.29) is 0 Å². The molecule has 0 aromatic heterocycles. The van der Waals surface area contributed by atoms with Crippen molar-refractivity contribution >= 4 is 0 Å². The van der Waals surface area contributed by atoms with Crippen molar-refractivity contribution in [3.8, 4) is 0 Å². The molecular formula is C10H20N2. The van der Waals surface area contributed by atoms with Crippen molar-refractivity contribution < 1.29 is 0 Å². The van der Waals surface area contributed by atoms with E-state index in [0.29, 0.717) is 0 Å². The topological polar surface area (TPSA) is 15.3 Å². The summed E-state index contributed by atoms with van der Waals surface area (Å²) in [5, 5.41) is 3.62. The first kappa shape index (κ1) is 8.52. The van der Waals surface area contributed by atoms with Crippen molar-refractivity contribution in [3.05, 3.63) is 0 Å². The highest BCUT2D eigenvalue weighted by molar-refractivity contribution is 4.91. The lowest BCUT2D eigenvalue weighted by molar-refractivity contribution is 0.225. The zero-order valence-electron chi connectivity index (χ0n) is 8.05. The van der Waals surface area contributed by atoms with Crippen molar-refractivity contribution in [1.82, 2.24) is 10.2 Å². The molecule has 70 valence electrons. The molecule has 2 atom stereocenters. The highest BCUT2D eigenvalue weighted by atomic mass is 15.2. The van der Waals surface area contributed by atoms with E-state index >= 15 is 0 Å². The minimum atomic E-state index is 0.812. The molecule has 0 spiro atoms. The largest absolute Gasteiger partial charge is 0.312 e. The van der Waals surface area contributed by atoms with Crippen LogP contribution in [0.15, 0.2) is 0 Å². The normalized spacial score (nSPS) is 37.8. The average Bonchev–Trinajstić information content (AvgIpc) is 2.74. The summed E-state index contributed by atoms with van der Waals surface area (Å²) in [6, 6.07) is 1.67. The molecule has 2 fully saturated rings. The molecule has 0 aliphatic carbocycles. The molecule has 2 heterocycles. The Balaban J connectivity index is 1.92. The van der Waals surface area contributed by atoms with Gasteiger partial charge in [0.1, 0.15) is 0 Å². The van der Waals surface area contributed by atoms with E-state index in [9.17, 15) is 0 Å². The molecule has 2 rings (SSSR count). The Kier molecular flexibility index (Phi) is 2.66. The van der Waals surface area contributed by atoms with Gasteiger partial charge in [-0.15, -0.1) is 0 Å². The van der Waals surface area contributed by atoms with E-state index in [1.165, 1.54) is 45.3 Å². The highest BCUT2D eigenvalue weighted by Crippen LogP contribution is 2.23. The third-order valence-electron chi connectivity index (χ3n) is 3.38. The fourth-order valence-corrected chi connectivity index (χ4v) is 2.74. The number of hydrogen-bond donors (Lipinski definition) is 1. The van der Waals surface area contributed by atoms with Gasteiger partial charge in [-0.05, 0) is 45.3 Å². The van der Waals surface area contributed by atoms with Gasteiger partial charge in [0.05, 0.1) is 0 Å². The first-order valence-electron chi connectivity index (χ1n) is 5.39. The van der Waals surface area contributed by atoms with Crippen LogP contribution in [0.2, 0.25) is 0 Å². The Hall–Kier alpha value is -0.0800. The van der Waals surface area contributed by atoms with Crippen LogP contribution in [0.25, 0.3) is 0 Å². The molecular weight excluding hydrogens is 148 g/mol. The number of hydrogen-bond acceptors (Lipinski definition) is 2. The molecule has 2 nitrogen and oxygen atoms in total. The Labute approximate surface area is 75.3 Å². The quantitative estimate of drug-likeness (QED) is 0.667. The third kappa shape index (κ3) is 1.50. The van der Waals surface area contributed by atoms with Gasteiger partial charge in [-0.3, -0.25) is 4.90 Å². The molecule has 0 bridgehead atoms. The Morgan fingerprint density at radius 2 is 2.25 bits per heavy atom. The second-order valence-corrected chi connectivity index (χ2v) is 4.04. The Morgan fingerprint density at radius 1 is 1.33 bits per heavy atom. The number of nitrogens with zero attached hydrogens (tertiary/aromatic N) is 1. The number of rotatable bonds is 2. The molecule has 0 amide bonds. The predicted octanol–water partition coefficient (Wildman–Crippen LogP) is 1.22. The molecule has 0 aromatic rings. The first-order chi connectivity index (χ1) is 5.92. The highest BCUT2D eigenvalue weighted by Gasteiger charge is 2.31. The van der Waals surface area contributed by atoms with Gasteiger partial charge in [-0.2, -0.15) is 0 Å². The van der Waals surface area contributed by atoms with Gasteiger partial charge in [-0.1, -0.05) is 6.92 Å². The first-order valence-corrected chi connectivity index (χ1v) is 5.39. The minimum absolute atomic E-state index is 0.812. The average molecular weight is 168 g/mol. The van der Waals surface area contributed by atoms with Crippen LogP contribution >= 0.6 is 0 Å². The van der Waals surface area contributed by atoms with Gasteiger partial charge in [0.15, 0.2) is 0 Å². The fourth-order valence-electron chi connectivity index (χ4n) is 2.74. The van der Waals surface area contributed by atoms with Gasteiger partial charge in [0, 0.05) is 12.1 Å². The van der Waals surface area contributed by atoms with E-state index in [1.807, 2.05) is 0 Å². The molecule has 2 heteroatoms. The lowest BCUT2D eigenvalue weighted by Gasteiger charge is -2.28. The van der Waals surface area contributed by atoms with E-state index in [0.717, 1.165) is 12.1 Å². The molecule has 2 aliphatic rings. The van der Waals surface area contributed by atoms with Crippen LogP contribution in [0.1, 0.15) is 32.6 Å². The van der Waals surface area contributed by atoms with Gasteiger partial charge >= 0.3 is 0 Å². The summed E-state index contributed by atoms with van der Waals surface area (Å²) in [4.78, 5) is 2.64. The molecule has 2 saturated heterocycles. The summed E-state index contributed by atoms with van der Waals surface area (Å²) < 4.78 is 0. The maximum Gasteiger partial charge on any atom is 0.0249 e. The Bertz CT molecular complexity index is 141. The second kappa shape index (κ2) is 3.75. The molecule has 2 aliphatic heterocycles. The summed E-state index contributed by atoms with van der Waals surface area (Å²) in [5.41, 5.74) is 0. The van der Waals surface area contributed by atoms with Gasteiger partial charge in [0.25, 0.3) is 0 Å². The van der Waals surface area contributed by atoms with Crippen LogP contribution < -0.4 is 5.32 Å². The van der Waals surface area contributed by atoms with Gasteiger partial charge in [-0.25, -0.2) is 0 Å². The Morgan fingerprint density at radius 3 is 2.92 bits per heavy atom. The summed E-state index contributed by atoms with van der Waals surface area (Å²) in [6.45, 7) is 6.11. The lowest BCUT2D eigenvalue weighted by atomic mass is 10.0. The summed E-state index contributed by atoms with van der Waals surface area (Å²) in [5.74, 6) is 0. The summed E-state index contributed by atoms with van der Waals surface area (Å²) in [7, 11) is 0. The van der Waals surface area contributed by atoms with Crippen LogP contribution in [-0.4, -0.2) is 36.6 Å². The van der Waals surface area contributed by atoms with Crippen LogP contribution in [0.4, 0.5) is 0 Å². The smallest absolute Gasteiger partial charge is 0.0249 e. The van der Waals surface area contributed by atoms with Crippen LogP contribution in [0, 0.1) is 0 Å². The van der Waals surface area contributed by atoms with E-state index < -0.39 is 0 Å². The number of nitrogens with one attached hydrogen (secondary N) is 1. The lowest BCUT2D eigenvalue weighted by Crippen LogP contribution is -2.43. The SMILES string of the molecule is CCN1CCC[C@H]1[C@@H]1CCCN1. The number of likely N-dealkylation sites (tertiary alicyclic amines) is 1. The van der Waals surface area contributed by atoms with Crippen molar-refractivity contribution in [3.63, 3.8) is 0 Å².